The first-order valence-electron chi connectivity index (χ1n) is 8.70. The summed E-state index contributed by atoms with van der Waals surface area (Å²) in [4.78, 5) is 26.6. The molecule has 2 amide bonds. The first kappa shape index (κ1) is 17.2. The van der Waals surface area contributed by atoms with Crippen LogP contribution in [0.4, 0.5) is 5.69 Å². The third kappa shape index (κ3) is 3.90. The first-order chi connectivity index (χ1) is 11.5. The van der Waals surface area contributed by atoms with Crippen LogP contribution in [0.25, 0.3) is 0 Å². The highest BCUT2D eigenvalue weighted by molar-refractivity contribution is 6.34. The van der Waals surface area contributed by atoms with Gasteiger partial charge in [0.25, 0.3) is 5.91 Å². The molecule has 1 aromatic rings. The van der Waals surface area contributed by atoms with Gasteiger partial charge in [0, 0.05) is 30.7 Å². The van der Waals surface area contributed by atoms with Crippen molar-refractivity contribution < 1.29 is 9.59 Å². The first-order valence-corrected chi connectivity index (χ1v) is 9.07. The molecule has 1 saturated carbocycles. The highest BCUT2D eigenvalue weighted by Gasteiger charge is 2.28. The molecule has 2 unspecified atom stereocenters. The van der Waals surface area contributed by atoms with Gasteiger partial charge in [-0.2, -0.15) is 0 Å². The molecule has 1 heterocycles. The number of benzene rings is 1. The zero-order valence-electron chi connectivity index (χ0n) is 13.8. The van der Waals surface area contributed by atoms with Crippen molar-refractivity contribution >= 4 is 29.1 Å². The Hall–Kier alpha value is -1.59. The Morgan fingerprint density at radius 1 is 1.17 bits per heavy atom. The van der Waals surface area contributed by atoms with E-state index in [4.69, 9.17) is 17.3 Å². The largest absolute Gasteiger partial charge is 0.339 e. The summed E-state index contributed by atoms with van der Waals surface area (Å²) in [6.07, 6.45) is 5.70. The lowest BCUT2D eigenvalue weighted by Gasteiger charge is -2.27. The molecule has 1 aromatic carbocycles. The van der Waals surface area contributed by atoms with Crippen LogP contribution in [0.3, 0.4) is 0 Å². The molecule has 0 bridgehead atoms. The van der Waals surface area contributed by atoms with Gasteiger partial charge >= 0.3 is 0 Å². The number of nitrogens with one attached hydrogen (secondary N) is 1. The summed E-state index contributed by atoms with van der Waals surface area (Å²) in [5.41, 5.74) is 6.99. The van der Waals surface area contributed by atoms with Crippen molar-refractivity contribution in [3.63, 3.8) is 0 Å². The Kier molecular flexibility index (Phi) is 5.41. The highest BCUT2D eigenvalue weighted by atomic mass is 35.5. The number of carbonyl (C=O) groups is 2. The molecule has 2 atom stereocenters. The molecular formula is C18H24ClN3O2. The number of anilines is 1. The van der Waals surface area contributed by atoms with E-state index in [0.717, 1.165) is 45.2 Å². The number of carbonyl (C=O) groups excluding carboxylic acids is 2. The van der Waals surface area contributed by atoms with E-state index >= 15 is 0 Å². The normalized spacial score (nSPS) is 24.0. The van der Waals surface area contributed by atoms with Crippen LogP contribution in [0.2, 0.25) is 5.02 Å². The topological polar surface area (TPSA) is 75.4 Å². The van der Waals surface area contributed by atoms with Crippen molar-refractivity contribution in [2.24, 2.45) is 11.7 Å². The van der Waals surface area contributed by atoms with E-state index in [1.54, 1.807) is 18.2 Å². The summed E-state index contributed by atoms with van der Waals surface area (Å²) >= 11 is 6.29. The van der Waals surface area contributed by atoms with Gasteiger partial charge in [-0.25, -0.2) is 0 Å². The maximum absolute atomic E-state index is 12.5. The van der Waals surface area contributed by atoms with Crippen LogP contribution in [0.5, 0.6) is 0 Å². The van der Waals surface area contributed by atoms with Gasteiger partial charge in [0.15, 0.2) is 0 Å². The summed E-state index contributed by atoms with van der Waals surface area (Å²) in [7, 11) is 0. The lowest BCUT2D eigenvalue weighted by atomic mass is 10.1. The minimum Gasteiger partial charge on any atom is -0.339 e. The molecule has 1 aliphatic heterocycles. The molecule has 130 valence electrons. The fourth-order valence-electron chi connectivity index (χ4n) is 3.53. The van der Waals surface area contributed by atoms with E-state index in [1.807, 2.05) is 4.90 Å². The van der Waals surface area contributed by atoms with Gasteiger partial charge in [0.05, 0.1) is 10.6 Å². The maximum atomic E-state index is 12.5. The number of nitrogens with zero attached hydrogens (tertiary/aromatic N) is 1. The Balaban J connectivity index is 1.65. The van der Waals surface area contributed by atoms with Gasteiger partial charge in [-0.3, -0.25) is 9.59 Å². The summed E-state index contributed by atoms with van der Waals surface area (Å²) < 4.78 is 0. The average molecular weight is 350 g/mol. The monoisotopic (exact) mass is 349 g/mol. The van der Waals surface area contributed by atoms with E-state index in [-0.39, 0.29) is 23.8 Å². The van der Waals surface area contributed by atoms with E-state index < -0.39 is 0 Å². The molecule has 0 radical (unpaired) electrons. The number of nitrogens with two attached hydrogens (primary N) is 1. The number of likely N-dealkylation sites (tertiary alicyclic amines) is 1. The van der Waals surface area contributed by atoms with Crippen molar-refractivity contribution in [2.75, 3.05) is 18.4 Å². The minimum absolute atomic E-state index is 0.0193. The summed E-state index contributed by atoms with van der Waals surface area (Å²) in [6.45, 7) is 1.57. The average Bonchev–Trinajstić information content (AvgIpc) is 3.02. The molecule has 3 rings (SSSR count). The molecular weight excluding hydrogens is 326 g/mol. The molecule has 1 aliphatic carbocycles. The quantitative estimate of drug-likeness (QED) is 0.880. The molecule has 2 fully saturated rings. The number of hydrogen-bond donors (Lipinski definition) is 2. The number of rotatable bonds is 3. The van der Waals surface area contributed by atoms with Crippen LogP contribution >= 0.6 is 11.6 Å². The summed E-state index contributed by atoms with van der Waals surface area (Å²) in [5.74, 6) is -0.0816. The lowest BCUT2D eigenvalue weighted by molar-refractivity contribution is -0.119. The summed E-state index contributed by atoms with van der Waals surface area (Å²) in [6, 6.07) is 5.23. The van der Waals surface area contributed by atoms with Crippen molar-refractivity contribution in [1.82, 2.24) is 4.90 Å². The molecule has 3 N–H and O–H groups in total. The van der Waals surface area contributed by atoms with Crippen LogP contribution in [-0.4, -0.2) is 35.8 Å². The van der Waals surface area contributed by atoms with E-state index in [1.165, 1.54) is 6.42 Å². The van der Waals surface area contributed by atoms with Crippen LogP contribution in [-0.2, 0) is 4.79 Å². The Morgan fingerprint density at radius 3 is 2.54 bits per heavy atom. The van der Waals surface area contributed by atoms with Gasteiger partial charge in [-0.1, -0.05) is 11.6 Å². The molecule has 1 saturated heterocycles. The molecule has 2 aliphatic rings. The predicted molar refractivity (Wildman–Crippen MR) is 95.2 cm³/mol. The Labute approximate surface area is 147 Å². The number of hydrogen-bond acceptors (Lipinski definition) is 3. The minimum atomic E-state index is -0.0339. The molecule has 0 spiro atoms. The summed E-state index contributed by atoms with van der Waals surface area (Å²) in [5, 5.41) is 3.27. The second-order valence-electron chi connectivity index (χ2n) is 6.81. The number of amides is 2. The van der Waals surface area contributed by atoms with Gasteiger partial charge in [0.1, 0.15) is 0 Å². The van der Waals surface area contributed by atoms with Crippen LogP contribution < -0.4 is 11.1 Å². The number of piperidine rings is 1. The highest BCUT2D eigenvalue weighted by Crippen LogP contribution is 2.27. The fraction of sp³-hybridized carbons (Fsp3) is 0.556. The van der Waals surface area contributed by atoms with Crippen molar-refractivity contribution in [3.05, 3.63) is 28.8 Å². The van der Waals surface area contributed by atoms with Gasteiger partial charge in [0.2, 0.25) is 5.91 Å². The molecule has 24 heavy (non-hydrogen) atoms. The zero-order chi connectivity index (χ0) is 17.1. The predicted octanol–water partition coefficient (Wildman–Crippen LogP) is 3.03. The SMILES string of the molecule is NC1CCC(C(=O)Nc2ccc(C(=O)N3CCCCC3)c(Cl)c2)C1. The third-order valence-electron chi connectivity index (χ3n) is 4.95. The van der Waals surface area contributed by atoms with Crippen LogP contribution in [0.1, 0.15) is 48.9 Å². The van der Waals surface area contributed by atoms with Crippen LogP contribution in [0, 0.1) is 5.92 Å². The van der Waals surface area contributed by atoms with Crippen molar-refractivity contribution in [1.29, 1.82) is 0 Å². The lowest BCUT2D eigenvalue weighted by Crippen LogP contribution is -2.35. The maximum Gasteiger partial charge on any atom is 0.255 e. The van der Waals surface area contributed by atoms with E-state index in [2.05, 4.69) is 5.32 Å². The third-order valence-corrected chi connectivity index (χ3v) is 5.27. The van der Waals surface area contributed by atoms with Gasteiger partial charge in [-0.05, 0) is 56.7 Å². The second kappa shape index (κ2) is 7.53. The van der Waals surface area contributed by atoms with Crippen molar-refractivity contribution in [2.45, 2.75) is 44.6 Å². The van der Waals surface area contributed by atoms with Crippen LogP contribution in [0.15, 0.2) is 18.2 Å². The van der Waals surface area contributed by atoms with E-state index in [0.29, 0.717) is 16.3 Å². The molecule has 5 nitrogen and oxygen atoms in total. The van der Waals surface area contributed by atoms with Gasteiger partial charge in [-0.15, -0.1) is 0 Å². The number of halogens is 1. The Bertz CT molecular complexity index is 629. The molecule has 0 aromatic heterocycles. The molecule has 6 heteroatoms. The van der Waals surface area contributed by atoms with Crippen molar-refractivity contribution in [3.8, 4) is 0 Å². The smallest absolute Gasteiger partial charge is 0.255 e. The van der Waals surface area contributed by atoms with E-state index in [9.17, 15) is 9.59 Å². The Morgan fingerprint density at radius 2 is 1.92 bits per heavy atom. The fourth-order valence-corrected chi connectivity index (χ4v) is 3.79. The van der Waals surface area contributed by atoms with Gasteiger partial charge < -0.3 is 16.0 Å². The second-order valence-corrected chi connectivity index (χ2v) is 7.21. The standard InChI is InChI=1S/C18H24ClN3O2/c19-16-11-14(21-17(23)12-4-5-13(20)10-12)6-7-15(16)18(24)22-8-2-1-3-9-22/h6-7,11-13H,1-5,8-10,20H2,(H,21,23). The zero-order valence-corrected chi connectivity index (χ0v) is 14.5.